The van der Waals surface area contributed by atoms with Crippen LogP contribution in [-0.2, 0) is 4.79 Å². The molecule has 0 radical (unpaired) electrons. The van der Waals surface area contributed by atoms with Crippen molar-refractivity contribution < 1.29 is 14.6 Å². The van der Waals surface area contributed by atoms with Gasteiger partial charge in [-0.25, -0.2) is 0 Å². The molecule has 4 nitrogen and oxygen atoms in total. The van der Waals surface area contributed by atoms with E-state index in [1.807, 2.05) is 12.1 Å². The number of likely N-dealkylation sites (tertiary alicyclic amines) is 1. The van der Waals surface area contributed by atoms with E-state index < -0.39 is 5.97 Å². The van der Waals surface area contributed by atoms with Crippen LogP contribution in [-0.4, -0.2) is 41.7 Å². The van der Waals surface area contributed by atoms with Gasteiger partial charge in [0.1, 0.15) is 5.75 Å². The number of para-hydroxylation sites is 1. The number of carboxylic acid groups (broad SMARTS) is 1. The van der Waals surface area contributed by atoms with Gasteiger partial charge >= 0.3 is 5.97 Å². The molecule has 0 spiro atoms. The van der Waals surface area contributed by atoms with E-state index in [0.29, 0.717) is 12.0 Å². The molecule has 3 rings (SSSR count). The number of ether oxygens (including phenoxy) is 1. The van der Waals surface area contributed by atoms with Crippen LogP contribution in [0.3, 0.4) is 0 Å². The number of hydrogen-bond donors (Lipinski definition) is 1. The van der Waals surface area contributed by atoms with E-state index in [0.717, 1.165) is 38.3 Å². The predicted molar refractivity (Wildman–Crippen MR) is 76.1 cm³/mol. The van der Waals surface area contributed by atoms with Crippen LogP contribution in [0.2, 0.25) is 0 Å². The number of carboxylic acids is 1. The first-order chi connectivity index (χ1) is 9.65. The number of rotatable bonds is 3. The van der Waals surface area contributed by atoms with E-state index in [4.69, 9.17) is 9.84 Å². The van der Waals surface area contributed by atoms with Gasteiger partial charge in [-0.3, -0.25) is 9.69 Å². The fourth-order valence-electron chi connectivity index (χ4n) is 3.38. The van der Waals surface area contributed by atoms with Crippen molar-refractivity contribution in [3.63, 3.8) is 0 Å². The number of aliphatic carboxylic acids is 1. The average Bonchev–Trinajstić information content (AvgIpc) is 2.84. The van der Waals surface area contributed by atoms with Crippen LogP contribution in [0, 0.1) is 5.92 Å². The maximum Gasteiger partial charge on any atom is 0.306 e. The van der Waals surface area contributed by atoms with E-state index in [1.165, 1.54) is 5.56 Å². The third kappa shape index (κ3) is 2.52. The van der Waals surface area contributed by atoms with Crippen LogP contribution in [0.1, 0.15) is 31.2 Å². The largest absolute Gasteiger partial charge is 0.493 e. The number of benzene rings is 1. The highest BCUT2D eigenvalue weighted by molar-refractivity contribution is 5.70. The molecule has 2 aliphatic heterocycles. The Labute approximate surface area is 119 Å². The average molecular weight is 275 g/mol. The summed E-state index contributed by atoms with van der Waals surface area (Å²) in [6.07, 6.45) is 1.51. The Bertz CT molecular complexity index is 502. The van der Waals surface area contributed by atoms with Gasteiger partial charge in [0.2, 0.25) is 0 Å². The molecule has 4 heteroatoms. The zero-order valence-corrected chi connectivity index (χ0v) is 11.8. The fourth-order valence-corrected chi connectivity index (χ4v) is 3.38. The van der Waals surface area contributed by atoms with Gasteiger partial charge in [-0.05, 0) is 32.4 Å². The molecule has 1 fully saturated rings. The van der Waals surface area contributed by atoms with Crippen molar-refractivity contribution in [3.05, 3.63) is 29.8 Å². The second kappa shape index (κ2) is 5.44. The van der Waals surface area contributed by atoms with Crippen LogP contribution < -0.4 is 4.74 Å². The summed E-state index contributed by atoms with van der Waals surface area (Å²) in [5, 5.41) is 9.12. The second-order valence-corrected chi connectivity index (χ2v) is 5.95. The Morgan fingerprint density at radius 1 is 1.45 bits per heavy atom. The maximum absolute atomic E-state index is 11.1. The number of hydrogen-bond acceptors (Lipinski definition) is 3. The molecule has 0 amide bonds. The molecular formula is C16H21NO3. The lowest BCUT2D eigenvalue weighted by molar-refractivity contribution is -0.144. The molecular weight excluding hydrogens is 254 g/mol. The molecule has 2 aliphatic rings. The van der Waals surface area contributed by atoms with Crippen LogP contribution in [0.25, 0.3) is 0 Å². The predicted octanol–water partition coefficient (Wildman–Crippen LogP) is 2.35. The van der Waals surface area contributed by atoms with Gasteiger partial charge in [-0.1, -0.05) is 18.2 Å². The van der Waals surface area contributed by atoms with Crippen molar-refractivity contribution in [2.75, 3.05) is 19.7 Å². The Kier molecular flexibility index (Phi) is 3.66. The molecule has 0 saturated carbocycles. The first-order valence-electron chi connectivity index (χ1n) is 7.33. The minimum absolute atomic E-state index is 0.173. The molecule has 1 saturated heterocycles. The Balaban J connectivity index is 1.64. The molecule has 0 aromatic heterocycles. The highest BCUT2D eigenvalue weighted by Crippen LogP contribution is 2.35. The lowest BCUT2D eigenvalue weighted by Crippen LogP contribution is -2.44. The molecule has 0 aliphatic carbocycles. The Hall–Kier alpha value is -1.55. The lowest BCUT2D eigenvalue weighted by atomic mass is 9.90. The molecule has 0 bridgehead atoms. The molecule has 108 valence electrons. The Morgan fingerprint density at radius 3 is 3.00 bits per heavy atom. The second-order valence-electron chi connectivity index (χ2n) is 5.95. The summed E-state index contributed by atoms with van der Waals surface area (Å²) in [6, 6.07) is 8.55. The van der Waals surface area contributed by atoms with Crippen molar-refractivity contribution in [2.24, 2.45) is 5.92 Å². The van der Waals surface area contributed by atoms with Gasteiger partial charge in [0.05, 0.1) is 12.5 Å². The summed E-state index contributed by atoms with van der Waals surface area (Å²) >= 11 is 0. The van der Waals surface area contributed by atoms with E-state index in [2.05, 4.69) is 24.0 Å². The van der Waals surface area contributed by atoms with E-state index >= 15 is 0 Å². The fraction of sp³-hybridized carbons (Fsp3) is 0.562. The summed E-state index contributed by atoms with van der Waals surface area (Å²) < 4.78 is 5.73. The van der Waals surface area contributed by atoms with Crippen LogP contribution in [0.5, 0.6) is 5.75 Å². The maximum atomic E-state index is 11.1. The van der Waals surface area contributed by atoms with E-state index in [-0.39, 0.29) is 5.92 Å². The molecule has 1 aromatic rings. The van der Waals surface area contributed by atoms with E-state index in [9.17, 15) is 4.79 Å². The summed E-state index contributed by atoms with van der Waals surface area (Å²) in [6.45, 7) is 4.71. The van der Waals surface area contributed by atoms with Crippen LogP contribution in [0.4, 0.5) is 0 Å². The molecule has 20 heavy (non-hydrogen) atoms. The molecule has 1 N–H and O–H groups in total. The molecule has 3 unspecified atom stereocenters. The minimum atomic E-state index is -0.647. The van der Waals surface area contributed by atoms with Crippen molar-refractivity contribution in [1.82, 2.24) is 4.90 Å². The number of nitrogens with zero attached hydrogens (tertiary/aromatic N) is 1. The molecule has 3 atom stereocenters. The zero-order chi connectivity index (χ0) is 14.1. The standard InChI is InChI=1S/C16H21NO3/c1-11-8-12(16(18)19)6-7-17(11)9-13-10-20-15-5-3-2-4-14(13)15/h2-5,11-13H,6-10H2,1H3,(H,18,19). The molecule has 2 heterocycles. The van der Waals surface area contributed by atoms with Gasteiger partial charge in [0.25, 0.3) is 0 Å². The lowest BCUT2D eigenvalue weighted by Gasteiger charge is -2.37. The minimum Gasteiger partial charge on any atom is -0.493 e. The zero-order valence-electron chi connectivity index (χ0n) is 11.8. The molecule has 1 aromatic carbocycles. The summed E-state index contributed by atoms with van der Waals surface area (Å²) in [7, 11) is 0. The number of carbonyl (C=O) groups is 1. The quantitative estimate of drug-likeness (QED) is 0.920. The monoisotopic (exact) mass is 275 g/mol. The van der Waals surface area contributed by atoms with Crippen molar-refractivity contribution in [3.8, 4) is 5.75 Å². The van der Waals surface area contributed by atoms with Crippen molar-refractivity contribution in [1.29, 1.82) is 0 Å². The van der Waals surface area contributed by atoms with Crippen molar-refractivity contribution in [2.45, 2.75) is 31.7 Å². The van der Waals surface area contributed by atoms with Gasteiger partial charge < -0.3 is 9.84 Å². The normalized spacial score (nSPS) is 29.8. The smallest absolute Gasteiger partial charge is 0.306 e. The van der Waals surface area contributed by atoms with Gasteiger partial charge in [-0.15, -0.1) is 0 Å². The number of fused-ring (bicyclic) bond motifs is 1. The van der Waals surface area contributed by atoms with Gasteiger partial charge in [-0.2, -0.15) is 0 Å². The highest BCUT2D eigenvalue weighted by Gasteiger charge is 2.33. The Morgan fingerprint density at radius 2 is 2.25 bits per heavy atom. The third-order valence-electron chi connectivity index (χ3n) is 4.62. The summed E-state index contributed by atoms with van der Waals surface area (Å²) in [5.74, 6) is 0.597. The van der Waals surface area contributed by atoms with Gasteiger partial charge in [0.15, 0.2) is 0 Å². The number of piperidine rings is 1. The SMILES string of the molecule is CC1CC(C(=O)O)CCN1CC1COc2ccccc21. The van der Waals surface area contributed by atoms with E-state index in [1.54, 1.807) is 0 Å². The van der Waals surface area contributed by atoms with Crippen molar-refractivity contribution >= 4 is 5.97 Å². The van der Waals surface area contributed by atoms with Gasteiger partial charge in [0, 0.05) is 24.1 Å². The van der Waals surface area contributed by atoms with Crippen LogP contribution in [0.15, 0.2) is 24.3 Å². The first-order valence-corrected chi connectivity index (χ1v) is 7.33. The van der Waals surface area contributed by atoms with Crippen LogP contribution >= 0.6 is 0 Å². The first kappa shape index (κ1) is 13.4. The summed E-state index contributed by atoms with van der Waals surface area (Å²) in [4.78, 5) is 13.5. The summed E-state index contributed by atoms with van der Waals surface area (Å²) in [5.41, 5.74) is 1.29. The highest BCUT2D eigenvalue weighted by atomic mass is 16.5. The third-order valence-corrected chi connectivity index (χ3v) is 4.62. The topological polar surface area (TPSA) is 49.8 Å².